The average molecular weight is 2040 g/mol. The molecule has 9 aliphatic heterocycles. The van der Waals surface area contributed by atoms with E-state index in [0.29, 0.717) is 182 Å². The van der Waals surface area contributed by atoms with Crippen molar-refractivity contribution < 1.29 is 134 Å². The second-order valence-electron chi connectivity index (χ2n) is 40.2. The van der Waals surface area contributed by atoms with Crippen molar-refractivity contribution in [1.29, 1.82) is 0 Å². The highest BCUT2D eigenvalue weighted by atomic mass is 19.4. The molecule has 6 aromatic rings. The monoisotopic (exact) mass is 2030 g/mol. The maximum Gasteiger partial charge on any atom is 0.416 e. The van der Waals surface area contributed by atoms with E-state index in [2.05, 4.69) is 10.6 Å². The SMILES string of the molecule is CCOC(=O)C1CCN(c2cc(C(F)(F)F)ccc2C2CCN(C(=O)[C@]3(F)CN(C(=O)OC(C)(C)C)C[C@H]3c3ccc(OC)cc3)CC2)CC1.CCOC(=O)C1CCN(c2cc(C(F)(F)F)ccc2C2CCN(C(=O)[C@]3(F)CNC[C@H]3c3ccc(OC)cc3)CC2)CC1.CCOC(=O)C1CCN(c2cc(C(F)(F)F)ccc2C2CCNCC2)CC1.COc1ccc([C@@H]2CN(C(=O)OC(C)(C)C)C[C@@]2(F)C(=O)O)cc1. The van der Waals surface area contributed by atoms with E-state index < -0.39 is 124 Å². The van der Waals surface area contributed by atoms with Crippen molar-refractivity contribution in [3.05, 3.63) is 177 Å². The Morgan fingerprint density at radius 2 is 0.660 bits per heavy atom. The second kappa shape index (κ2) is 47.4. The number of carbonyl (C=O) groups excluding carboxylic acids is 7. The van der Waals surface area contributed by atoms with E-state index in [9.17, 15) is 83.0 Å². The molecule has 9 saturated heterocycles. The number of likely N-dealkylation sites (tertiary alicyclic amines) is 4. The molecule has 9 aliphatic rings. The number of alkyl halides is 12. The quantitative estimate of drug-likeness (QED) is 0.0343. The molecule has 0 aromatic heterocycles. The summed E-state index contributed by atoms with van der Waals surface area (Å²) in [5.74, 6) is -5.08. The lowest BCUT2D eigenvalue weighted by Crippen LogP contribution is -2.52. The zero-order valence-corrected chi connectivity index (χ0v) is 83.8. The van der Waals surface area contributed by atoms with Gasteiger partial charge in [-0.05, 0) is 276 Å². The van der Waals surface area contributed by atoms with Crippen molar-refractivity contribution in [2.45, 2.75) is 222 Å². The normalized spacial score (nSPS) is 22.6. The van der Waals surface area contributed by atoms with Gasteiger partial charge in [-0.1, -0.05) is 54.6 Å². The number of hydrogen-bond acceptors (Lipinski definition) is 21. The van der Waals surface area contributed by atoms with Gasteiger partial charge in [0.05, 0.1) is 88.7 Å². The largest absolute Gasteiger partial charge is 0.497 e. The second-order valence-corrected chi connectivity index (χ2v) is 40.2. The topological polar surface area (TPSA) is 277 Å². The number of esters is 3. The van der Waals surface area contributed by atoms with Crippen LogP contribution in [0, 0.1) is 17.8 Å². The number of carbonyl (C=O) groups is 8. The molecule has 3 N–H and O–H groups in total. The summed E-state index contributed by atoms with van der Waals surface area (Å²) in [7, 11) is 4.58. The van der Waals surface area contributed by atoms with Crippen molar-refractivity contribution in [2.75, 3.05) is 174 Å². The van der Waals surface area contributed by atoms with Gasteiger partial charge in [-0.25, -0.2) is 27.6 Å². The summed E-state index contributed by atoms with van der Waals surface area (Å²) < 4.78 is 213. The number of hydrogen-bond donors (Lipinski definition) is 3. The van der Waals surface area contributed by atoms with Crippen LogP contribution in [0.4, 0.5) is 79.3 Å². The molecule has 9 fully saturated rings. The van der Waals surface area contributed by atoms with Crippen LogP contribution in [0.25, 0.3) is 0 Å². The van der Waals surface area contributed by atoms with Gasteiger partial charge in [-0.15, -0.1) is 0 Å². The van der Waals surface area contributed by atoms with Crippen LogP contribution in [0.5, 0.6) is 17.2 Å². The van der Waals surface area contributed by atoms with Crippen molar-refractivity contribution in [2.24, 2.45) is 17.8 Å². The molecule has 0 aliphatic carbocycles. The van der Waals surface area contributed by atoms with Gasteiger partial charge in [0.25, 0.3) is 11.8 Å². The van der Waals surface area contributed by atoms with Crippen molar-refractivity contribution in [3.63, 3.8) is 0 Å². The van der Waals surface area contributed by atoms with Crippen LogP contribution >= 0.6 is 0 Å². The van der Waals surface area contributed by atoms with Gasteiger partial charge < -0.3 is 87.9 Å². The third kappa shape index (κ3) is 27.3. The summed E-state index contributed by atoms with van der Waals surface area (Å²) in [5, 5.41) is 15.7. The fraction of sp³-hybridized carbons (Fsp3) is 0.585. The van der Waals surface area contributed by atoms with Gasteiger partial charge in [0.1, 0.15) is 28.5 Å². The molecular weight excluding hydrogens is 1900 g/mol. The maximum atomic E-state index is 17.3. The van der Waals surface area contributed by atoms with Crippen LogP contribution in [-0.2, 0) is 71.0 Å². The molecule has 4 amide bonds. The van der Waals surface area contributed by atoms with Gasteiger partial charge in [0.15, 0.2) is 0 Å². The summed E-state index contributed by atoms with van der Waals surface area (Å²) in [5.41, 5.74) is -4.76. The molecule has 26 nitrogen and oxygen atoms in total. The minimum atomic E-state index is -4.53. The van der Waals surface area contributed by atoms with E-state index in [-0.39, 0.29) is 92.7 Å². The molecular formula is C106H135F12N9O17. The van der Waals surface area contributed by atoms with Crippen molar-refractivity contribution >= 4 is 64.9 Å². The number of nitrogens with one attached hydrogen (secondary N) is 2. The lowest BCUT2D eigenvalue weighted by Gasteiger charge is -2.39. The highest BCUT2D eigenvalue weighted by Crippen LogP contribution is 2.50. The van der Waals surface area contributed by atoms with Gasteiger partial charge >= 0.3 is 54.6 Å². The summed E-state index contributed by atoms with van der Waals surface area (Å²) in [6, 6.07) is 32.1. The van der Waals surface area contributed by atoms with Crippen molar-refractivity contribution in [3.8, 4) is 17.2 Å². The van der Waals surface area contributed by atoms with Gasteiger partial charge in [0.2, 0.25) is 17.0 Å². The predicted molar refractivity (Wildman–Crippen MR) is 516 cm³/mol. The Labute approximate surface area is 833 Å². The van der Waals surface area contributed by atoms with Gasteiger partial charge in [0, 0.05) is 126 Å². The van der Waals surface area contributed by atoms with Crippen LogP contribution in [0.2, 0.25) is 0 Å². The maximum absolute atomic E-state index is 17.3. The first-order valence-corrected chi connectivity index (χ1v) is 49.6. The number of nitrogens with zero attached hydrogens (tertiary/aromatic N) is 7. The number of piperidine rings is 6. The Hall–Kier alpha value is -11.4. The number of aliphatic carboxylic acids is 1. The Morgan fingerprint density at radius 3 is 0.951 bits per heavy atom. The molecule has 0 unspecified atom stereocenters. The summed E-state index contributed by atoms with van der Waals surface area (Å²) >= 11 is 0. The van der Waals surface area contributed by atoms with Crippen LogP contribution < -0.4 is 39.5 Å². The Morgan fingerprint density at radius 1 is 0.368 bits per heavy atom. The molecule has 0 saturated carbocycles. The first kappa shape index (κ1) is 111. The molecule has 790 valence electrons. The molecule has 144 heavy (non-hydrogen) atoms. The number of rotatable bonds is 21. The Kier molecular flexibility index (Phi) is 36.6. The molecule has 6 aromatic carbocycles. The smallest absolute Gasteiger partial charge is 0.416 e. The van der Waals surface area contributed by atoms with Gasteiger partial charge in [-0.2, -0.15) is 39.5 Å². The number of halogens is 12. The van der Waals surface area contributed by atoms with Crippen LogP contribution in [-0.4, -0.2) is 260 Å². The third-order valence-corrected chi connectivity index (χ3v) is 28.6. The van der Waals surface area contributed by atoms with E-state index in [0.717, 1.165) is 65.2 Å². The first-order chi connectivity index (χ1) is 68.0. The molecule has 0 radical (unpaired) electrons. The summed E-state index contributed by atoms with van der Waals surface area (Å²) in [6.45, 7) is 21.2. The number of ether oxygens (including phenoxy) is 8. The number of carboxylic acids is 1. The average Bonchev–Trinajstić information content (AvgIpc) is 1.60. The van der Waals surface area contributed by atoms with E-state index in [1.54, 1.807) is 159 Å². The fourth-order valence-corrected chi connectivity index (χ4v) is 20.8. The van der Waals surface area contributed by atoms with E-state index in [1.165, 1.54) is 54.4 Å². The molecule has 0 spiro atoms. The predicted octanol–water partition coefficient (Wildman–Crippen LogP) is 19.0. The highest BCUT2D eigenvalue weighted by Gasteiger charge is 2.59. The van der Waals surface area contributed by atoms with Crippen LogP contribution in [0.3, 0.4) is 0 Å². The first-order valence-electron chi connectivity index (χ1n) is 49.6. The van der Waals surface area contributed by atoms with E-state index in [1.807, 2.05) is 14.7 Å². The zero-order chi connectivity index (χ0) is 105. The molecule has 9 heterocycles. The Bertz CT molecular complexity index is 5350. The lowest BCUT2D eigenvalue weighted by molar-refractivity contribution is -0.151. The minimum absolute atomic E-state index is 0.0538. The molecule has 0 bridgehead atoms. The Balaban J connectivity index is 0.000000178. The molecule has 6 atom stereocenters. The third-order valence-electron chi connectivity index (χ3n) is 28.6. The van der Waals surface area contributed by atoms with E-state index in [4.69, 9.17) is 37.9 Å². The van der Waals surface area contributed by atoms with Crippen LogP contribution in [0.15, 0.2) is 127 Å². The number of amides is 4. The molecule has 38 heteroatoms. The summed E-state index contributed by atoms with van der Waals surface area (Å²) in [4.78, 5) is 112. The highest BCUT2D eigenvalue weighted by molar-refractivity contribution is 5.90. The van der Waals surface area contributed by atoms with E-state index >= 15 is 13.2 Å². The zero-order valence-electron chi connectivity index (χ0n) is 83.8. The number of methoxy groups -OCH3 is 3. The minimum Gasteiger partial charge on any atom is -0.497 e. The standard InChI is InChI=1S/C37H47F4N3O6.C32H39F4N3O4.C20H27F3N2O2.C17H22FNO5/c1-6-49-32(45)26-15-17-42(18-16-26)31-21-27(37(39,40)41)9-12-29(31)24-13-19-43(20-14-24)33(46)36(38)23-44(34(47)50-35(2,3)4)22-30(36)25-7-10-28(48-5)11-8-25;1-3-43-29(40)23-12-14-38(15-13-23)28-18-24(32(34,35)36)6-9-26(28)21-10-16-39(17-11-21)30(41)31(33)20-37-19-27(31)22-4-7-25(42-2)8-5-22;1-2-27-19(26)15-7-11-25(12-8-15)18-13-16(20(21,22)23)3-4-17(18)14-5-9-24-10-6-14;1-16(2,3)24-15(22)19-9-13(17(18,10-19)14(20)21)11-5-7-12(23-4)8-6-11/h7-12,21,24,26,30H,6,13-20,22-23H2,1-5H3;4-9,18,21,23,27,37H,3,10-17,19-20H2,1-2H3;3-4,13-15,24H,2,5-12H2,1H3;5-8,13H,9-10H2,1-4H3,(H,20,21)/t30-,36-;27-,31-;;13-,17-/m00.0/s1. The molecule has 15 rings (SSSR count). The van der Waals surface area contributed by atoms with Crippen LogP contribution in [0.1, 0.15) is 225 Å². The van der Waals surface area contributed by atoms with Crippen molar-refractivity contribution in [1.82, 2.24) is 30.2 Å². The number of anilines is 3. The lowest BCUT2D eigenvalue weighted by atomic mass is 9.83. The van der Waals surface area contributed by atoms with Gasteiger partial charge in [-0.3, -0.25) is 24.0 Å². The summed E-state index contributed by atoms with van der Waals surface area (Å²) in [6.07, 6.45) is -7.91. The number of benzene rings is 6. The number of carboxylic acid groups (broad SMARTS) is 1. The fourth-order valence-electron chi connectivity index (χ4n) is 20.8.